The zero-order valence-corrected chi connectivity index (χ0v) is 11.2. The molecule has 0 saturated heterocycles. The van der Waals surface area contributed by atoms with Crippen molar-refractivity contribution in [1.82, 2.24) is 9.97 Å². The predicted molar refractivity (Wildman–Crippen MR) is 66.2 cm³/mol. The Morgan fingerprint density at radius 1 is 1.21 bits per heavy atom. The van der Waals surface area contributed by atoms with Crippen molar-refractivity contribution in [2.75, 3.05) is 31.3 Å². The van der Waals surface area contributed by atoms with Gasteiger partial charge >= 0.3 is 6.18 Å². The summed E-state index contributed by atoms with van der Waals surface area (Å²) in [5.74, 6) is -0.992. The summed E-state index contributed by atoms with van der Waals surface area (Å²) < 4.78 is 43.0. The number of rotatable bonds is 5. The standard InChI is InChI=1S/C11H17F3N4O/c1-10(2,19-4)6-16-8-5-7(15-3)17-9(18-8)11(12,13)14/h5H,6H2,1-4H3,(H2,15,16,17,18). The first-order valence-corrected chi connectivity index (χ1v) is 5.61. The zero-order chi connectivity index (χ0) is 14.7. The molecule has 19 heavy (non-hydrogen) atoms. The first kappa shape index (κ1) is 15.5. The van der Waals surface area contributed by atoms with Crippen molar-refractivity contribution < 1.29 is 17.9 Å². The van der Waals surface area contributed by atoms with Gasteiger partial charge in [-0.2, -0.15) is 13.2 Å². The lowest BCUT2D eigenvalue weighted by atomic mass is 10.1. The largest absolute Gasteiger partial charge is 0.451 e. The molecule has 0 spiro atoms. The molecule has 0 radical (unpaired) electrons. The number of alkyl halides is 3. The van der Waals surface area contributed by atoms with Gasteiger partial charge in [-0.1, -0.05) is 0 Å². The smallest absolute Gasteiger partial charge is 0.377 e. The van der Waals surface area contributed by atoms with Crippen LogP contribution in [0.2, 0.25) is 0 Å². The Labute approximate surface area is 109 Å². The minimum absolute atomic E-state index is 0.0943. The first-order valence-electron chi connectivity index (χ1n) is 5.61. The molecule has 1 aromatic heterocycles. The predicted octanol–water partition coefficient (Wildman–Crippen LogP) is 2.37. The van der Waals surface area contributed by atoms with Crippen molar-refractivity contribution in [1.29, 1.82) is 0 Å². The van der Waals surface area contributed by atoms with Crippen LogP contribution >= 0.6 is 0 Å². The Kier molecular flexibility index (Phi) is 4.56. The van der Waals surface area contributed by atoms with E-state index in [1.54, 1.807) is 0 Å². The molecule has 0 amide bonds. The van der Waals surface area contributed by atoms with Crippen molar-refractivity contribution >= 4 is 11.6 Å². The van der Waals surface area contributed by atoms with Crippen molar-refractivity contribution in [3.63, 3.8) is 0 Å². The maximum atomic E-state index is 12.6. The number of nitrogens with one attached hydrogen (secondary N) is 2. The summed E-state index contributed by atoms with van der Waals surface area (Å²) in [5.41, 5.74) is -0.511. The summed E-state index contributed by atoms with van der Waals surface area (Å²) in [6.07, 6.45) is -4.58. The first-order chi connectivity index (χ1) is 8.68. The Balaban J connectivity index is 2.95. The van der Waals surface area contributed by atoms with Crippen LogP contribution in [0.5, 0.6) is 0 Å². The summed E-state index contributed by atoms with van der Waals surface area (Å²) in [6.45, 7) is 3.94. The lowest BCUT2D eigenvalue weighted by Crippen LogP contribution is -2.32. The monoisotopic (exact) mass is 278 g/mol. The Bertz CT molecular complexity index is 434. The third-order valence-electron chi connectivity index (χ3n) is 2.48. The van der Waals surface area contributed by atoms with Gasteiger partial charge in [-0.25, -0.2) is 9.97 Å². The van der Waals surface area contributed by atoms with Crippen molar-refractivity contribution in [3.05, 3.63) is 11.9 Å². The van der Waals surface area contributed by atoms with Crippen LogP contribution in [0.4, 0.5) is 24.8 Å². The highest BCUT2D eigenvalue weighted by Crippen LogP contribution is 2.28. The molecule has 0 fully saturated rings. The molecular formula is C11H17F3N4O. The molecule has 1 aromatic rings. The normalized spacial score (nSPS) is 12.4. The van der Waals surface area contributed by atoms with Gasteiger partial charge in [0.2, 0.25) is 5.82 Å². The van der Waals surface area contributed by atoms with Crippen molar-refractivity contribution in [2.24, 2.45) is 0 Å². The molecule has 1 heterocycles. The summed E-state index contributed by atoms with van der Waals surface area (Å²) in [5, 5.41) is 5.38. The number of hydrogen-bond donors (Lipinski definition) is 2. The number of nitrogens with zero attached hydrogens (tertiary/aromatic N) is 2. The van der Waals surface area contributed by atoms with Crippen molar-refractivity contribution in [3.8, 4) is 0 Å². The lowest BCUT2D eigenvalue weighted by molar-refractivity contribution is -0.144. The van der Waals surface area contributed by atoms with Crippen LogP contribution in [0.25, 0.3) is 0 Å². The third-order valence-corrected chi connectivity index (χ3v) is 2.48. The third kappa shape index (κ3) is 4.55. The Morgan fingerprint density at radius 3 is 2.26 bits per heavy atom. The van der Waals surface area contributed by atoms with E-state index in [2.05, 4.69) is 20.6 Å². The van der Waals surface area contributed by atoms with Gasteiger partial charge in [-0.15, -0.1) is 0 Å². The van der Waals surface area contributed by atoms with Crippen molar-refractivity contribution in [2.45, 2.75) is 25.6 Å². The van der Waals surface area contributed by atoms with E-state index in [0.717, 1.165) is 0 Å². The van der Waals surface area contributed by atoms with Gasteiger partial charge in [0.05, 0.1) is 5.60 Å². The van der Waals surface area contributed by atoms with Crippen LogP contribution in [0.1, 0.15) is 19.7 Å². The minimum atomic E-state index is -4.58. The van der Waals surface area contributed by atoms with E-state index in [1.165, 1.54) is 20.2 Å². The molecule has 0 aromatic carbocycles. The van der Waals surface area contributed by atoms with Crippen LogP contribution in [-0.4, -0.2) is 36.3 Å². The molecule has 0 aliphatic rings. The van der Waals surface area contributed by atoms with E-state index in [0.29, 0.717) is 6.54 Å². The molecule has 0 bridgehead atoms. The van der Waals surface area contributed by atoms with E-state index in [9.17, 15) is 13.2 Å². The number of anilines is 2. The lowest BCUT2D eigenvalue weighted by Gasteiger charge is -2.23. The zero-order valence-electron chi connectivity index (χ0n) is 11.2. The summed E-state index contributed by atoms with van der Waals surface area (Å²) in [7, 11) is 3.02. The quantitative estimate of drug-likeness (QED) is 0.866. The van der Waals surface area contributed by atoms with Gasteiger partial charge in [0.1, 0.15) is 11.6 Å². The molecule has 0 saturated carbocycles. The SMILES string of the molecule is CNc1cc(NCC(C)(C)OC)nc(C(F)(F)F)n1. The van der Waals surface area contributed by atoms with Crippen LogP contribution in [0.15, 0.2) is 6.07 Å². The number of methoxy groups -OCH3 is 1. The topological polar surface area (TPSA) is 59.1 Å². The average Bonchev–Trinajstić information content (AvgIpc) is 2.35. The van der Waals surface area contributed by atoms with Gasteiger partial charge in [0.15, 0.2) is 0 Å². The van der Waals surface area contributed by atoms with E-state index in [1.807, 2.05) is 13.8 Å². The second kappa shape index (κ2) is 5.60. The fraction of sp³-hybridized carbons (Fsp3) is 0.636. The Morgan fingerprint density at radius 2 is 1.79 bits per heavy atom. The van der Waals surface area contributed by atoms with Gasteiger partial charge in [-0.05, 0) is 13.8 Å². The van der Waals surface area contributed by atoms with Crippen LogP contribution < -0.4 is 10.6 Å². The van der Waals surface area contributed by atoms with Crippen LogP contribution in [-0.2, 0) is 10.9 Å². The molecule has 0 aliphatic heterocycles. The summed E-state index contributed by atoms with van der Waals surface area (Å²) in [4.78, 5) is 6.82. The maximum Gasteiger partial charge on any atom is 0.451 e. The molecule has 108 valence electrons. The molecule has 1 rings (SSSR count). The fourth-order valence-corrected chi connectivity index (χ4v) is 1.17. The molecule has 8 heteroatoms. The second-order valence-corrected chi connectivity index (χ2v) is 4.53. The van der Waals surface area contributed by atoms with E-state index in [4.69, 9.17) is 4.74 Å². The number of ether oxygens (including phenoxy) is 1. The number of hydrogen-bond acceptors (Lipinski definition) is 5. The molecule has 0 aliphatic carbocycles. The van der Waals surface area contributed by atoms with E-state index in [-0.39, 0.29) is 11.6 Å². The van der Waals surface area contributed by atoms with Crippen LogP contribution in [0, 0.1) is 0 Å². The van der Waals surface area contributed by atoms with Gasteiger partial charge in [0, 0.05) is 26.8 Å². The van der Waals surface area contributed by atoms with Gasteiger partial charge in [0.25, 0.3) is 0 Å². The molecule has 2 N–H and O–H groups in total. The number of aromatic nitrogens is 2. The molecule has 0 atom stereocenters. The molecule has 5 nitrogen and oxygen atoms in total. The molecular weight excluding hydrogens is 261 g/mol. The highest BCUT2D eigenvalue weighted by Gasteiger charge is 2.35. The average molecular weight is 278 g/mol. The van der Waals surface area contributed by atoms with E-state index >= 15 is 0 Å². The fourth-order valence-electron chi connectivity index (χ4n) is 1.17. The molecule has 0 unspecified atom stereocenters. The maximum absolute atomic E-state index is 12.6. The number of halogens is 3. The summed E-state index contributed by atoms with van der Waals surface area (Å²) >= 11 is 0. The van der Waals surface area contributed by atoms with Gasteiger partial charge in [-0.3, -0.25) is 0 Å². The Hall–Kier alpha value is -1.57. The van der Waals surface area contributed by atoms with E-state index < -0.39 is 17.6 Å². The van der Waals surface area contributed by atoms with Gasteiger partial charge < -0.3 is 15.4 Å². The summed E-state index contributed by atoms with van der Waals surface area (Å²) in [6, 6.07) is 1.40. The highest BCUT2D eigenvalue weighted by atomic mass is 19.4. The highest BCUT2D eigenvalue weighted by molar-refractivity contribution is 5.47. The minimum Gasteiger partial charge on any atom is -0.377 e. The van der Waals surface area contributed by atoms with Crippen LogP contribution in [0.3, 0.4) is 0 Å². The second-order valence-electron chi connectivity index (χ2n) is 4.53.